The number of nitrogens with one attached hydrogen (secondary N) is 1. The predicted molar refractivity (Wildman–Crippen MR) is 51.3 cm³/mol. The Labute approximate surface area is 72.4 Å². The molecule has 0 spiro atoms. The number of hydrogen-bond acceptors (Lipinski definition) is 2. The lowest BCUT2D eigenvalue weighted by atomic mass is 9.92. The summed E-state index contributed by atoms with van der Waals surface area (Å²) in [5.74, 6) is 0. The third kappa shape index (κ3) is 2.04. The van der Waals surface area contributed by atoms with E-state index in [1.165, 1.54) is 4.88 Å². The van der Waals surface area contributed by atoms with Gasteiger partial charge in [-0.3, -0.25) is 0 Å². The molecule has 62 valence electrons. The molecule has 0 bridgehead atoms. The van der Waals surface area contributed by atoms with E-state index in [9.17, 15) is 0 Å². The number of likely N-dealkylation sites (N-methyl/N-ethyl adjacent to an activating group) is 1. The van der Waals surface area contributed by atoms with Gasteiger partial charge in [-0.05, 0) is 18.5 Å². The lowest BCUT2D eigenvalue weighted by Crippen LogP contribution is -2.29. The average Bonchev–Trinajstić information content (AvgIpc) is 2.37. The molecule has 0 aromatic carbocycles. The van der Waals surface area contributed by atoms with Gasteiger partial charge in [0.2, 0.25) is 0 Å². The quantitative estimate of drug-likeness (QED) is 0.731. The van der Waals surface area contributed by atoms with Crippen LogP contribution in [0.3, 0.4) is 0 Å². The molecule has 1 rings (SSSR count). The van der Waals surface area contributed by atoms with Crippen LogP contribution >= 0.6 is 11.3 Å². The van der Waals surface area contributed by atoms with E-state index in [1.54, 1.807) is 0 Å². The SMILES string of the molecule is CNCC(C)(C)c1cccs1. The molecule has 1 aromatic rings. The Balaban J connectivity index is 2.73. The molecule has 1 nitrogen and oxygen atoms in total. The van der Waals surface area contributed by atoms with Gasteiger partial charge in [-0.25, -0.2) is 0 Å². The highest BCUT2D eigenvalue weighted by molar-refractivity contribution is 7.10. The van der Waals surface area contributed by atoms with Gasteiger partial charge in [0.15, 0.2) is 0 Å². The van der Waals surface area contributed by atoms with Crippen molar-refractivity contribution in [1.82, 2.24) is 5.32 Å². The summed E-state index contributed by atoms with van der Waals surface area (Å²) in [4.78, 5) is 1.45. The van der Waals surface area contributed by atoms with Gasteiger partial charge in [0, 0.05) is 16.8 Å². The number of thiophene rings is 1. The minimum Gasteiger partial charge on any atom is -0.319 e. The van der Waals surface area contributed by atoms with Gasteiger partial charge in [-0.2, -0.15) is 0 Å². The number of hydrogen-bond donors (Lipinski definition) is 1. The maximum absolute atomic E-state index is 3.20. The first-order valence-electron chi connectivity index (χ1n) is 3.85. The Hall–Kier alpha value is -0.340. The van der Waals surface area contributed by atoms with Crippen LogP contribution in [0.15, 0.2) is 17.5 Å². The number of rotatable bonds is 3. The van der Waals surface area contributed by atoms with E-state index < -0.39 is 0 Å². The molecule has 1 N–H and O–H groups in total. The summed E-state index contributed by atoms with van der Waals surface area (Å²) < 4.78 is 0. The van der Waals surface area contributed by atoms with Crippen LogP contribution in [0, 0.1) is 0 Å². The van der Waals surface area contributed by atoms with Crippen LogP contribution in [0.5, 0.6) is 0 Å². The summed E-state index contributed by atoms with van der Waals surface area (Å²) in [6.07, 6.45) is 0. The predicted octanol–water partition coefficient (Wildman–Crippen LogP) is 2.25. The highest BCUT2D eigenvalue weighted by atomic mass is 32.1. The van der Waals surface area contributed by atoms with Crippen molar-refractivity contribution in [2.24, 2.45) is 0 Å². The monoisotopic (exact) mass is 169 g/mol. The van der Waals surface area contributed by atoms with Crippen molar-refractivity contribution in [3.05, 3.63) is 22.4 Å². The van der Waals surface area contributed by atoms with Crippen molar-refractivity contribution in [2.75, 3.05) is 13.6 Å². The van der Waals surface area contributed by atoms with Gasteiger partial charge in [-0.15, -0.1) is 11.3 Å². The van der Waals surface area contributed by atoms with Gasteiger partial charge in [0.25, 0.3) is 0 Å². The molecule has 1 heterocycles. The Morgan fingerprint density at radius 1 is 1.55 bits per heavy atom. The van der Waals surface area contributed by atoms with E-state index in [0.717, 1.165) is 6.54 Å². The molecule has 0 radical (unpaired) electrons. The Morgan fingerprint density at radius 3 is 2.73 bits per heavy atom. The molecule has 0 aliphatic rings. The van der Waals surface area contributed by atoms with Crippen LogP contribution in [-0.2, 0) is 5.41 Å². The first kappa shape index (κ1) is 8.75. The van der Waals surface area contributed by atoms with Gasteiger partial charge in [0.05, 0.1) is 0 Å². The lowest BCUT2D eigenvalue weighted by Gasteiger charge is -2.22. The van der Waals surface area contributed by atoms with E-state index >= 15 is 0 Å². The third-order valence-electron chi connectivity index (χ3n) is 1.81. The Morgan fingerprint density at radius 2 is 2.27 bits per heavy atom. The standard InChI is InChI=1S/C9H15NS/c1-9(2,7-10-3)8-5-4-6-11-8/h4-6,10H,7H2,1-3H3. The van der Waals surface area contributed by atoms with E-state index in [-0.39, 0.29) is 5.41 Å². The lowest BCUT2D eigenvalue weighted by molar-refractivity contribution is 0.503. The Kier molecular flexibility index (Phi) is 2.68. The molecule has 0 atom stereocenters. The van der Waals surface area contributed by atoms with Crippen molar-refractivity contribution in [3.8, 4) is 0 Å². The molecule has 0 aliphatic carbocycles. The molecule has 0 fully saturated rings. The summed E-state index contributed by atoms with van der Waals surface area (Å²) in [6.45, 7) is 5.55. The molecule has 11 heavy (non-hydrogen) atoms. The van der Waals surface area contributed by atoms with Crippen molar-refractivity contribution in [3.63, 3.8) is 0 Å². The van der Waals surface area contributed by atoms with Crippen LogP contribution in [0.2, 0.25) is 0 Å². The summed E-state index contributed by atoms with van der Waals surface area (Å²) in [5, 5.41) is 5.33. The van der Waals surface area contributed by atoms with Crippen LogP contribution in [0.1, 0.15) is 18.7 Å². The highest BCUT2D eigenvalue weighted by Gasteiger charge is 2.19. The van der Waals surface area contributed by atoms with Crippen LogP contribution in [-0.4, -0.2) is 13.6 Å². The van der Waals surface area contributed by atoms with Gasteiger partial charge in [0.1, 0.15) is 0 Å². The van der Waals surface area contributed by atoms with E-state index in [4.69, 9.17) is 0 Å². The molecular weight excluding hydrogens is 154 g/mol. The highest BCUT2D eigenvalue weighted by Crippen LogP contribution is 2.26. The van der Waals surface area contributed by atoms with E-state index in [1.807, 2.05) is 18.4 Å². The normalized spacial score (nSPS) is 11.9. The third-order valence-corrected chi connectivity index (χ3v) is 3.04. The van der Waals surface area contributed by atoms with Crippen LogP contribution < -0.4 is 5.32 Å². The minimum atomic E-state index is 0.281. The molecule has 0 aliphatic heterocycles. The summed E-state index contributed by atoms with van der Waals surface area (Å²) in [5.41, 5.74) is 0.281. The van der Waals surface area contributed by atoms with Crippen molar-refractivity contribution in [1.29, 1.82) is 0 Å². The van der Waals surface area contributed by atoms with Gasteiger partial charge >= 0.3 is 0 Å². The fourth-order valence-electron chi connectivity index (χ4n) is 1.19. The van der Waals surface area contributed by atoms with Crippen LogP contribution in [0.4, 0.5) is 0 Å². The van der Waals surface area contributed by atoms with E-state index in [2.05, 4.69) is 36.7 Å². The zero-order valence-corrected chi connectivity index (χ0v) is 8.16. The minimum absolute atomic E-state index is 0.281. The largest absolute Gasteiger partial charge is 0.319 e. The zero-order valence-electron chi connectivity index (χ0n) is 7.35. The van der Waals surface area contributed by atoms with Crippen LogP contribution in [0.25, 0.3) is 0 Å². The molecule has 1 aromatic heterocycles. The first-order valence-corrected chi connectivity index (χ1v) is 4.73. The second kappa shape index (κ2) is 3.37. The first-order chi connectivity index (χ1) is 5.17. The molecular formula is C9H15NS. The Bertz CT molecular complexity index is 201. The maximum Gasteiger partial charge on any atom is 0.0115 e. The molecule has 2 heteroatoms. The summed E-state index contributed by atoms with van der Waals surface area (Å²) in [6, 6.07) is 4.30. The fourth-order valence-corrected chi connectivity index (χ4v) is 2.04. The summed E-state index contributed by atoms with van der Waals surface area (Å²) in [7, 11) is 2.00. The van der Waals surface area contributed by atoms with Crippen molar-refractivity contribution >= 4 is 11.3 Å². The fraction of sp³-hybridized carbons (Fsp3) is 0.556. The molecule has 0 saturated heterocycles. The molecule has 0 saturated carbocycles. The molecule has 0 amide bonds. The topological polar surface area (TPSA) is 12.0 Å². The van der Waals surface area contributed by atoms with Crippen molar-refractivity contribution < 1.29 is 0 Å². The van der Waals surface area contributed by atoms with Crippen molar-refractivity contribution in [2.45, 2.75) is 19.3 Å². The average molecular weight is 169 g/mol. The zero-order chi connectivity index (χ0) is 8.32. The van der Waals surface area contributed by atoms with Gasteiger partial charge in [-0.1, -0.05) is 19.9 Å². The van der Waals surface area contributed by atoms with Gasteiger partial charge < -0.3 is 5.32 Å². The van der Waals surface area contributed by atoms with E-state index in [0.29, 0.717) is 0 Å². The maximum atomic E-state index is 3.20. The summed E-state index contributed by atoms with van der Waals surface area (Å²) >= 11 is 1.83. The second-order valence-corrected chi connectivity index (χ2v) is 4.34. The smallest absolute Gasteiger partial charge is 0.0115 e. The molecule has 0 unspecified atom stereocenters. The second-order valence-electron chi connectivity index (χ2n) is 3.39.